The van der Waals surface area contributed by atoms with Gasteiger partial charge in [-0.3, -0.25) is 10.1 Å². The van der Waals surface area contributed by atoms with Crippen LogP contribution in [0.2, 0.25) is 5.02 Å². The van der Waals surface area contributed by atoms with Crippen molar-refractivity contribution in [2.75, 3.05) is 5.32 Å². The molecule has 3 aromatic rings. The second-order valence-corrected chi connectivity index (χ2v) is 5.97. The fraction of sp³-hybridized carbons (Fsp3) is 0.176. The normalized spacial score (nSPS) is 20.0. The minimum atomic E-state index is -0.0342. The van der Waals surface area contributed by atoms with Crippen LogP contribution >= 0.6 is 11.6 Å². The molecule has 4 rings (SSSR count). The molecule has 0 aliphatic heterocycles. The van der Waals surface area contributed by atoms with Crippen molar-refractivity contribution in [2.24, 2.45) is 5.92 Å². The maximum Gasteiger partial charge on any atom is 0.230 e. The predicted octanol–water partition coefficient (Wildman–Crippen LogP) is 3.96. The Morgan fingerprint density at radius 3 is 2.77 bits per heavy atom. The van der Waals surface area contributed by atoms with Crippen molar-refractivity contribution in [3.8, 4) is 0 Å². The monoisotopic (exact) mass is 311 g/mol. The zero-order valence-corrected chi connectivity index (χ0v) is 12.5. The fourth-order valence-electron chi connectivity index (χ4n) is 2.83. The summed E-state index contributed by atoms with van der Waals surface area (Å²) >= 11 is 6.19. The Bertz CT molecular complexity index is 825. The molecule has 1 amide bonds. The summed E-state index contributed by atoms with van der Waals surface area (Å²) in [6.45, 7) is 0. The molecule has 2 N–H and O–H groups in total. The first-order chi connectivity index (χ1) is 10.7. The molecule has 0 spiro atoms. The molecular weight excluding hydrogens is 298 g/mol. The Morgan fingerprint density at radius 2 is 1.95 bits per heavy atom. The van der Waals surface area contributed by atoms with Crippen molar-refractivity contribution in [2.45, 2.75) is 12.3 Å². The van der Waals surface area contributed by atoms with Gasteiger partial charge in [0.15, 0.2) is 0 Å². The number of amides is 1. The van der Waals surface area contributed by atoms with E-state index in [1.807, 2.05) is 48.5 Å². The minimum Gasteiger partial charge on any atom is -0.324 e. The van der Waals surface area contributed by atoms with Gasteiger partial charge in [-0.15, -0.1) is 0 Å². The van der Waals surface area contributed by atoms with E-state index in [-0.39, 0.29) is 17.7 Å². The third-order valence-corrected chi connectivity index (χ3v) is 4.41. The molecule has 1 heterocycles. The first kappa shape index (κ1) is 13.3. The van der Waals surface area contributed by atoms with Crippen molar-refractivity contribution in [1.29, 1.82) is 0 Å². The molecule has 1 fully saturated rings. The number of halogens is 1. The number of nitrogens with one attached hydrogen (secondary N) is 2. The van der Waals surface area contributed by atoms with Gasteiger partial charge in [0.1, 0.15) is 0 Å². The van der Waals surface area contributed by atoms with Gasteiger partial charge in [-0.25, -0.2) is 4.98 Å². The molecular formula is C17H14ClN3O. The molecule has 1 saturated carbocycles. The Balaban J connectivity index is 1.48. The largest absolute Gasteiger partial charge is 0.324 e. The number of carbonyl (C=O) groups excluding carboxylic acids is 1. The molecule has 2 unspecified atom stereocenters. The van der Waals surface area contributed by atoms with E-state index in [1.54, 1.807) is 0 Å². The van der Waals surface area contributed by atoms with Crippen molar-refractivity contribution < 1.29 is 4.79 Å². The van der Waals surface area contributed by atoms with Gasteiger partial charge in [0, 0.05) is 10.9 Å². The number of anilines is 1. The van der Waals surface area contributed by atoms with Crippen LogP contribution in [0.15, 0.2) is 48.5 Å². The van der Waals surface area contributed by atoms with Crippen molar-refractivity contribution in [3.05, 3.63) is 59.1 Å². The molecule has 5 heteroatoms. The number of benzene rings is 2. The van der Waals surface area contributed by atoms with Crippen LogP contribution in [0.3, 0.4) is 0 Å². The third-order valence-electron chi connectivity index (χ3n) is 4.06. The van der Waals surface area contributed by atoms with Gasteiger partial charge in [-0.05, 0) is 36.1 Å². The van der Waals surface area contributed by atoms with E-state index in [0.717, 1.165) is 28.0 Å². The van der Waals surface area contributed by atoms with Crippen LogP contribution in [0.25, 0.3) is 11.0 Å². The van der Waals surface area contributed by atoms with Gasteiger partial charge in [-0.1, -0.05) is 41.9 Å². The van der Waals surface area contributed by atoms with E-state index in [0.29, 0.717) is 5.95 Å². The van der Waals surface area contributed by atoms with Crippen LogP contribution in [0.4, 0.5) is 5.95 Å². The van der Waals surface area contributed by atoms with Gasteiger partial charge in [-0.2, -0.15) is 0 Å². The lowest BCUT2D eigenvalue weighted by atomic mass is 10.1. The number of para-hydroxylation sites is 2. The Labute approximate surface area is 132 Å². The second kappa shape index (κ2) is 5.14. The summed E-state index contributed by atoms with van der Waals surface area (Å²) in [6, 6.07) is 15.4. The van der Waals surface area contributed by atoms with Crippen LogP contribution in [0.1, 0.15) is 17.9 Å². The van der Waals surface area contributed by atoms with E-state index in [9.17, 15) is 4.79 Å². The summed E-state index contributed by atoms with van der Waals surface area (Å²) in [4.78, 5) is 19.8. The molecule has 2 aromatic carbocycles. The molecule has 2 atom stereocenters. The molecule has 0 bridgehead atoms. The van der Waals surface area contributed by atoms with E-state index in [2.05, 4.69) is 15.3 Å². The average Bonchev–Trinajstić information content (AvgIpc) is 3.20. The maximum atomic E-state index is 12.3. The van der Waals surface area contributed by atoms with E-state index < -0.39 is 0 Å². The van der Waals surface area contributed by atoms with Crippen LogP contribution in [-0.4, -0.2) is 15.9 Å². The van der Waals surface area contributed by atoms with Crippen molar-refractivity contribution in [3.63, 3.8) is 0 Å². The zero-order chi connectivity index (χ0) is 15.1. The average molecular weight is 312 g/mol. The Hall–Kier alpha value is -2.33. The first-order valence-electron chi connectivity index (χ1n) is 7.22. The van der Waals surface area contributed by atoms with Crippen LogP contribution < -0.4 is 5.32 Å². The number of hydrogen-bond donors (Lipinski definition) is 2. The number of aromatic amines is 1. The molecule has 1 aliphatic carbocycles. The highest BCUT2D eigenvalue weighted by Gasteiger charge is 2.45. The summed E-state index contributed by atoms with van der Waals surface area (Å²) in [5.74, 6) is 0.658. The molecule has 1 aliphatic rings. The van der Waals surface area contributed by atoms with Crippen molar-refractivity contribution in [1.82, 2.24) is 9.97 Å². The summed E-state index contributed by atoms with van der Waals surface area (Å²) < 4.78 is 0. The maximum absolute atomic E-state index is 12.3. The number of H-pyrrole nitrogens is 1. The van der Waals surface area contributed by atoms with Crippen LogP contribution in [0, 0.1) is 5.92 Å². The highest BCUT2D eigenvalue weighted by atomic mass is 35.5. The van der Waals surface area contributed by atoms with Gasteiger partial charge in [0.25, 0.3) is 0 Å². The highest BCUT2D eigenvalue weighted by molar-refractivity contribution is 6.31. The van der Waals surface area contributed by atoms with Gasteiger partial charge in [0.2, 0.25) is 11.9 Å². The SMILES string of the molecule is O=C(Nc1nc2ccccc2[nH]1)C1CC1c1ccccc1Cl. The number of carbonyl (C=O) groups is 1. The van der Waals surface area contributed by atoms with Gasteiger partial charge >= 0.3 is 0 Å². The summed E-state index contributed by atoms with van der Waals surface area (Å²) in [7, 11) is 0. The number of rotatable bonds is 3. The Kier molecular flexibility index (Phi) is 3.12. The molecule has 4 nitrogen and oxygen atoms in total. The molecule has 0 saturated heterocycles. The first-order valence-corrected chi connectivity index (χ1v) is 7.60. The second-order valence-electron chi connectivity index (χ2n) is 5.56. The smallest absolute Gasteiger partial charge is 0.230 e. The number of imidazole rings is 1. The highest BCUT2D eigenvalue weighted by Crippen LogP contribution is 2.49. The van der Waals surface area contributed by atoms with E-state index >= 15 is 0 Å². The summed E-state index contributed by atoms with van der Waals surface area (Å²) in [5, 5.41) is 3.59. The minimum absolute atomic E-state index is 0.0102. The summed E-state index contributed by atoms with van der Waals surface area (Å²) in [5.41, 5.74) is 2.81. The zero-order valence-electron chi connectivity index (χ0n) is 11.7. The van der Waals surface area contributed by atoms with E-state index in [1.165, 1.54) is 0 Å². The number of hydrogen-bond acceptors (Lipinski definition) is 2. The van der Waals surface area contributed by atoms with E-state index in [4.69, 9.17) is 11.6 Å². The third kappa shape index (κ3) is 2.35. The molecule has 1 aromatic heterocycles. The van der Waals surface area contributed by atoms with Gasteiger partial charge < -0.3 is 4.98 Å². The standard InChI is InChI=1S/C17H14ClN3O/c18-13-6-2-1-5-10(13)11-9-12(11)16(22)21-17-19-14-7-3-4-8-15(14)20-17/h1-8,11-12H,9H2,(H2,19,20,21,22). The van der Waals surface area contributed by atoms with Crippen LogP contribution in [0.5, 0.6) is 0 Å². The molecule has 0 radical (unpaired) electrons. The molecule has 22 heavy (non-hydrogen) atoms. The Morgan fingerprint density at radius 1 is 1.18 bits per heavy atom. The summed E-state index contributed by atoms with van der Waals surface area (Å²) in [6.07, 6.45) is 0.829. The van der Waals surface area contributed by atoms with Crippen LogP contribution in [-0.2, 0) is 4.79 Å². The quantitative estimate of drug-likeness (QED) is 0.769. The topological polar surface area (TPSA) is 57.8 Å². The van der Waals surface area contributed by atoms with Gasteiger partial charge in [0.05, 0.1) is 11.0 Å². The fourth-order valence-corrected chi connectivity index (χ4v) is 3.10. The number of nitrogens with zero attached hydrogens (tertiary/aromatic N) is 1. The predicted molar refractivity (Wildman–Crippen MR) is 87.0 cm³/mol. The lowest BCUT2D eigenvalue weighted by Gasteiger charge is -2.03. The van der Waals surface area contributed by atoms with Crippen molar-refractivity contribution >= 4 is 34.5 Å². The lowest BCUT2D eigenvalue weighted by Crippen LogP contribution is -2.15. The number of fused-ring (bicyclic) bond motifs is 1. The molecule has 110 valence electrons. The number of aromatic nitrogens is 2. The lowest BCUT2D eigenvalue weighted by molar-refractivity contribution is -0.117.